The van der Waals surface area contributed by atoms with Crippen LogP contribution in [0.4, 0.5) is 4.79 Å². The molecular weight excluding hydrogens is 773 g/mol. The first-order chi connectivity index (χ1) is 28.6. The van der Waals surface area contributed by atoms with E-state index in [0.29, 0.717) is 56.0 Å². The van der Waals surface area contributed by atoms with Crippen LogP contribution in [0.15, 0.2) is 82.8 Å². The number of amides is 3. The third-order valence-electron chi connectivity index (χ3n) is 11.1. The molecule has 0 radical (unpaired) electrons. The molecule has 0 aromatic heterocycles. The molecule has 0 spiro atoms. The van der Waals surface area contributed by atoms with Gasteiger partial charge < -0.3 is 50.1 Å². The fraction of sp³-hybridized carbons (Fsp3) is 0.489. The Bertz CT molecular complexity index is 1940. The molecule has 1 aliphatic carbocycles. The van der Waals surface area contributed by atoms with Gasteiger partial charge >= 0.3 is 6.09 Å². The van der Waals surface area contributed by atoms with Crippen molar-refractivity contribution >= 4 is 35.6 Å². The first kappa shape index (κ1) is 47.2. The molecule has 60 heavy (non-hydrogen) atoms. The molecule has 1 saturated heterocycles. The van der Waals surface area contributed by atoms with E-state index in [1.54, 1.807) is 76.3 Å². The summed E-state index contributed by atoms with van der Waals surface area (Å²) in [5.74, 6) is -1.12. The molecule has 1 aromatic carbocycles. The van der Waals surface area contributed by atoms with Crippen LogP contribution in [-0.2, 0) is 33.4 Å². The number of aliphatic hydroxyl groups excluding tert-OH is 1. The minimum Gasteiger partial charge on any atom is -0.493 e. The number of nitrogens with zero attached hydrogens (tertiary/aromatic N) is 1. The smallest absolute Gasteiger partial charge is 0.405 e. The van der Waals surface area contributed by atoms with Gasteiger partial charge in [0.05, 0.1) is 37.8 Å². The summed E-state index contributed by atoms with van der Waals surface area (Å²) in [6.07, 6.45) is 8.20. The van der Waals surface area contributed by atoms with Crippen molar-refractivity contribution < 1.29 is 52.8 Å². The van der Waals surface area contributed by atoms with Crippen LogP contribution in [0.5, 0.6) is 11.5 Å². The zero-order chi connectivity index (χ0) is 44.1. The molecule has 326 valence electrons. The van der Waals surface area contributed by atoms with E-state index in [-0.39, 0.29) is 46.7 Å². The summed E-state index contributed by atoms with van der Waals surface area (Å²) in [5.41, 5.74) is 7.23. The van der Waals surface area contributed by atoms with Gasteiger partial charge in [-0.05, 0) is 80.7 Å². The highest BCUT2D eigenvalue weighted by molar-refractivity contribution is 6.23. The van der Waals surface area contributed by atoms with Gasteiger partial charge in [0.25, 0.3) is 5.91 Å². The molecule has 4 rings (SSSR count). The number of primary amides is 1. The van der Waals surface area contributed by atoms with Crippen molar-refractivity contribution in [1.82, 2.24) is 15.5 Å². The van der Waals surface area contributed by atoms with Crippen LogP contribution in [0.3, 0.4) is 0 Å². The number of carbonyl (C=O) groups excluding carboxylic acids is 5. The number of ketones is 2. The lowest BCUT2D eigenvalue weighted by atomic mass is 9.85. The predicted molar refractivity (Wildman–Crippen MR) is 225 cm³/mol. The second-order valence-electron chi connectivity index (χ2n) is 15.5. The number of benzene rings is 1. The number of allylic oxidation sites excluding steroid dienone is 4. The van der Waals surface area contributed by atoms with Crippen LogP contribution in [0, 0.1) is 17.8 Å². The van der Waals surface area contributed by atoms with Gasteiger partial charge in [0.1, 0.15) is 6.10 Å². The standard InChI is InChI=1S/C45H60N4O11/c1-26-20-32-40(47-25-31-16-18-49(19-17-31)39(51)15-13-30-12-14-35(56-5)37(23-30)58-7)34(50)24-33(42(32)53)48-44(54)27(2)10-9-11-36(57-6)43(60-45(46)55)29(4)22-28(3)41(52)38(21-26)59-8/h9-15,22-24,26,28,31,36,38,41,43,47,52H,16-21,25H2,1-8H3,(H2,46,55)(H,48,54)/b11-9-,15-13+,27-10+,29-22+/t26-,28+,36+,38+,41-,43+/m1/s1. The third-order valence-corrected chi connectivity index (χ3v) is 11.1. The first-order valence-electron chi connectivity index (χ1n) is 20.1. The van der Waals surface area contributed by atoms with E-state index in [0.717, 1.165) is 11.6 Å². The van der Waals surface area contributed by atoms with Gasteiger partial charge in [-0.15, -0.1) is 0 Å². The number of aliphatic hydroxyl groups is 1. The van der Waals surface area contributed by atoms with Gasteiger partial charge in [0.15, 0.2) is 17.6 Å². The topological polar surface area (TPSA) is 205 Å². The molecule has 5 N–H and O–H groups in total. The molecule has 3 aliphatic rings. The van der Waals surface area contributed by atoms with E-state index < -0.39 is 53.9 Å². The number of hydrogen-bond acceptors (Lipinski definition) is 12. The van der Waals surface area contributed by atoms with Gasteiger partial charge in [-0.2, -0.15) is 0 Å². The number of rotatable bonds is 10. The molecule has 0 unspecified atom stereocenters. The normalized spacial score (nSPS) is 27.6. The Kier molecular flexibility index (Phi) is 17.4. The Morgan fingerprint density at radius 1 is 1.02 bits per heavy atom. The molecule has 3 amide bonds. The quantitative estimate of drug-likeness (QED) is 0.148. The molecule has 2 bridgehead atoms. The largest absolute Gasteiger partial charge is 0.493 e. The lowest BCUT2D eigenvalue weighted by Gasteiger charge is -2.32. The van der Waals surface area contributed by atoms with Gasteiger partial charge in [-0.25, -0.2) is 4.79 Å². The van der Waals surface area contributed by atoms with Crippen molar-refractivity contribution in [3.63, 3.8) is 0 Å². The van der Waals surface area contributed by atoms with Crippen LogP contribution >= 0.6 is 0 Å². The Morgan fingerprint density at radius 2 is 1.72 bits per heavy atom. The number of ether oxygens (including phenoxy) is 5. The molecule has 15 nitrogen and oxygen atoms in total. The summed E-state index contributed by atoms with van der Waals surface area (Å²) in [6.45, 7) is 8.43. The van der Waals surface area contributed by atoms with E-state index in [1.165, 1.54) is 26.4 Å². The molecule has 1 fully saturated rings. The monoisotopic (exact) mass is 832 g/mol. The predicted octanol–water partition coefficient (Wildman–Crippen LogP) is 4.32. The average Bonchev–Trinajstić information content (AvgIpc) is 3.23. The molecule has 2 heterocycles. The van der Waals surface area contributed by atoms with Crippen LogP contribution in [0.2, 0.25) is 0 Å². The molecule has 6 atom stereocenters. The summed E-state index contributed by atoms with van der Waals surface area (Å²) in [4.78, 5) is 68.0. The van der Waals surface area contributed by atoms with Crippen molar-refractivity contribution in [3.05, 3.63) is 88.3 Å². The highest BCUT2D eigenvalue weighted by Gasteiger charge is 2.34. The van der Waals surface area contributed by atoms with Crippen molar-refractivity contribution in [2.75, 3.05) is 48.1 Å². The Morgan fingerprint density at radius 3 is 2.35 bits per heavy atom. The van der Waals surface area contributed by atoms with Crippen molar-refractivity contribution in [3.8, 4) is 11.5 Å². The highest BCUT2D eigenvalue weighted by Crippen LogP contribution is 2.30. The van der Waals surface area contributed by atoms with Crippen molar-refractivity contribution in [2.45, 2.75) is 77.8 Å². The number of hydrogen-bond donors (Lipinski definition) is 4. The zero-order valence-corrected chi connectivity index (χ0v) is 35.8. The maximum Gasteiger partial charge on any atom is 0.405 e. The SMILES string of the molecule is COc1ccc(/C=C/C(=O)N2CCC(CNC3=C4C[C@@H](C)C[C@H](OC)[C@H](O)[C@@H](C)/C=C(\C)[C@H](OC(N)=O)[C@@H](OC)/C=C\C=C(/C)C(=O)NC(=CC3=O)C4=O)CC2)cc1OC. The van der Waals surface area contributed by atoms with Gasteiger partial charge in [0, 0.05) is 63.1 Å². The average molecular weight is 833 g/mol. The number of likely N-dealkylation sites (tertiary alicyclic amines) is 1. The maximum atomic E-state index is 14.1. The summed E-state index contributed by atoms with van der Waals surface area (Å²) in [7, 11) is 6.04. The summed E-state index contributed by atoms with van der Waals surface area (Å²) in [5, 5.41) is 17.4. The maximum absolute atomic E-state index is 14.1. The van der Waals surface area contributed by atoms with E-state index in [2.05, 4.69) is 10.6 Å². The number of piperidine rings is 1. The molecular formula is C45H60N4O11. The van der Waals surface area contributed by atoms with Crippen LogP contribution < -0.4 is 25.8 Å². The minimum atomic E-state index is -1.01. The minimum absolute atomic E-state index is 0.114. The van der Waals surface area contributed by atoms with E-state index in [9.17, 15) is 29.1 Å². The lowest BCUT2D eigenvalue weighted by molar-refractivity contribution is -0.127. The number of fused-ring (bicyclic) bond motifs is 2. The highest BCUT2D eigenvalue weighted by atomic mass is 16.6. The molecule has 2 aliphatic heterocycles. The number of nitrogens with one attached hydrogen (secondary N) is 2. The van der Waals surface area contributed by atoms with Gasteiger partial charge in [-0.1, -0.05) is 44.2 Å². The van der Waals surface area contributed by atoms with Crippen molar-refractivity contribution in [1.29, 1.82) is 0 Å². The van der Waals surface area contributed by atoms with E-state index >= 15 is 0 Å². The number of Topliss-reactive ketones (excluding diaryl/α,β-unsaturated/α-hetero) is 1. The Labute approximate surface area is 352 Å². The number of carbonyl (C=O) groups is 5. The molecule has 0 saturated carbocycles. The fourth-order valence-corrected chi connectivity index (χ4v) is 7.61. The third kappa shape index (κ3) is 12.5. The number of nitrogens with two attached hydrogens (primary N) is 1. The first-order valence-corrected chi connectivity index (χ1v) is 20.1. The summed E-state index contributed by atoms with van der Waals surface area (Å²) < 4.78 is 27.4. The zero-order valence-electron chi connectivity index (χ0n) is 35.8. The molecule has 1 aromatic rings. The van der Waals surface area contributed by atoms with Crippen LogP contribution in [0.25, 0.3) is 6.08 Å². The summed E-state index contributed by atoms with van der Waals surface area (Å²) >= 11 is 0. The second kappa shape index (κ2) is 22.2. The van der Waals surface area contributed by atoms with Gasteiger partial charge in [0.2, 0.25) is 17.5 Å². The lowest BCUT2D eigenvalue weighted by Crippen LogP contribution is -2.41. The Hall–Kier alpha value is -5.51. The van der Waals surface area contributed by atoms with Gasteiger partial charge in [-0.3, -0.25) is 19.2 Å². The number of methoxy groups -OCH3 is 4. The van der Waals surface area contributed by atoms with E-state index in [4.69, 9.17) is 29.4 Å². The second-order valence-corrected chi connectivity index (χ2v) is 15.5. The molecule has 15 heteroatoms. The summed E-state index contributed by atoms with van der Waals surface area (Å²) in [6, 6.07) is 5.41. The van der Waals surface area contributed by atoms with E-state index in [1.807, 2.05) is 13.0 Å². The van der Waals surface area contributed by atoms with Crippen LogP contribution in [0.1, 0.15) is 58.9 Å². The Balaban J connectivity index is 1.54. The van der Waals surface area contributed by atoms with Crippen LogP contribution in [-0.4, -0.2) is 112 Å². The fourth-order valence-electron chi connectivity index (χ4n) is 7.61. The van der Waals surface area contributed by atoms with Crippen molar-refractivity contribution in [2.24, 2.45) is 23.5 Å².